The highest BCUT2D eigenvalue weighted by Gasteiger charge is 2.51. The molecule has 1 aliphatic carbocycles. The van der Waals surface area contributed by atoms with Crippen molar-refractivity contribution in [3.05, 3.63) is 97.2 Å². The SMILES string of the molecule is CC/C=C/C/C=C/C/C=C/C/C=C/CCCCC(=O)OC[C@H](COP(=O)(O)OC1C(O)C(O)C(O)[C@@H](O)C1O)OC(=O)CCC/C=C/C/C=C/C/C=C/C/C=C/CCCCCCCCC. The lowest BCUT2D eigenvalue weighted by atomic mass is 9.85. The van der Waals surface area contributed by atoms with Gasteiger partial charge in [0.25, 0.3) is 0 Å². The number of esters is 2. The molecule has 0 aromatic heterocycles. The van der Waals surface area contributed by atoms with Gasteiger partial charge in [-0.05, 0) is 89.9 Å². The van der Waals surface area contributed by atoms with E-state index in [9.17, 15) is 44.6 Å². The van der Waals surface area contributed by atoms with Crippen molar-refractivity contribution in [3.63, 3.8) is 0 Å². The number of unbranched alkanes of at least 4 members (excludes halogenated alkanes) is 10. The Morgan fingerprint density at radius 1 is 0.492 bits per heavy atom. The molecular formula is C51H83O13P. The molecule has 0 bridgehead atoms. The first-order valence-electron chi connectivity index (χ1n) is 24.0. The Hall–Kier alpha value is -3.23. The number of hydrogen-bond acceptors (Lipinski definition) is 12. The van der Waals surface area contributed by atoms with Crippen molar-refractivity contribution >= 4 is 19.8 Å². The highest BCUT2D eigenvalue weighted by molar-refractivity contribution is 7.47. The molecule has 0 spiro atoms. The van der Waals surface area contributed by atoms with Gasteiger partial charge in [-0.1, -0.05) is 150 Å². The number of hydrogen-bond donors (Lipinski definition) is 6. The summed E-state index contributed by atoms with van der Waals surface area (Å²) < 4.78 is 33.4. The van der Waals surface area contributed by atoms with Crippen LogP contribution in [0.5, 0.6) is 0 Å². The molecule has 6 N–H and O–H groups in total. The number of rotatable bonds is 38. The number of carbonyl (C=O) groups is 2. The second-order valence-electron chi connectivity index (χ2n) is 16.2. The highest BCUT2D eigenvalue weighted by atomic mass is 31.2. The van der Waals surface area contributed by atoms with E-state index >= 15 is 0 Å². The molecule has 0 aromatic rings. The van der Waals surface area contributed by atoms with Gasteiger partial charge in [0.05, 0.1) is 6.61 Å². The minimum absolute atomic E-state index is 0.00601. The summed E-state index contributed by atoms with van der Waals surface area (Å²) in [5.74, 6) is -1.22. The maximum atomic E-state index is 12.8. The van der Waals surface area contributed by atoms with Crippen LogP contribution in [0.15, 0.2) is 97.2 Å². The number of aliphatic hydroxyl groups is 5. The second-order valence-corrected chi connectivity index (χ2v) is 17.6. The van der Waals surface area contributed by atoms with Crippen LogP contribution in [0.3, 0.4) is 0 Å². The summed E-state index contributed by atoms with van der Waals surface area (Å²) in [5, 5.41) is 50.2. The fraction of sp³-hybridized carbons (Fsp3) is 0.647. The number of phosphoric acid groups is 1. The standard InChI is InChI=1S/C51H83O13P/c1-3-5-7-9-11-13-15-17-19-20-21-22-23-24-26-28-30-32-34-36-38-40-45(53)63-43(42-62-65(59,60)64-51-49(57)47(55)46(54)48(56)50(51)58)41-61-44(52)39-37-35-33-31-29-27-25-18-16-14-12-10-8-6-4-2/h6,8,12,14,18-20,22-23,25-26,28-29,31-32,34,43,46-51,54-58H,3-5,7,9-11,13,15-17,21,24,27,30,33,35-42H2,1-2H3,(H,59,60)/b8-6+,14-12+,20-19+,23-22+,25-18+,28-26+,31-29+,34-32+/t43-,46?,47-,48?,49?,50?,51?/m1/s1. The van der Waals surface area contributed by atoms with Crippen LogP contribution in [0, 0.1) is 0 Å². The van der Waals surface area contributed by atoms with E-state index in [-0.39, 0.29) is 12.8 Å². The maximum Gasteiger partial charge on any atom is 0.472 e. The van der Waals surface area contributed by atoms with Gasteiger partial charge in [-0.2, -0.15) is 0 Å². The minimum Gasteiger partial charge on any atom is -0.462 e. The zero-order valence-corrected chi connectivity index (χ0v) is 40.1. The molecule has 6 unspecified atom stereocenters. The van der Waals surface area contributed by atoms with E-state index in [0.29, 0.717) is 19.3 Å². The zero-order valence-electron chi connectivity index (χ0n) is 39.2. The lowest BCUT2D eigenvalue weighted by Gasteiger charge is -2.41. The van der Waals surface area contributed by atoms with Gasteiger partial charge in [-0.15, -0.1) is 0 Å². The monoisotopic (exact) mass is 935 g/mol. The molecule has 8 atom stereocenters. The van der Waals surface area contributed by atoms with Gasteiger partial charge < -0.3 is 39.9 Å². The Balaban J connectivity index is 2.52. The van der Waals surface area contributed by atoms with Crippen LogP contribution in [-0.4, -0.2) is 98.3 Å². The van der Waals surface area contributed by atoms with Crippen molar-refractivity contribution in [1.29, 1.82) is 0 Å². The molecule has 14 heteroatoms. The van der Waals surface area contributed by atoms with E-state index in [1.54, 1.807) is 0 Å². The van der Waals surface area contributed by atoms with Crippen LogP contribution < -0.4 is 0 Å². The van der Waals surface area contributed by atoms with E-state index in [1.807, 2.05) is 12.2 Å². The van der Waals surface area contributed by atoms with Crippen LogP contribution in [0.4, 0.5) is 0 Å². The van der Waals surface area contributed by atoms with Crippen molar-refractivity contribution in [3.8, 4) is 0 Å². The van der Waals surface area contributed by atoms with Crippen LogP contribution in [0.2, 0.25) is 0 Å². The van der Waals surface area contributed by atoms with Gasteiger partial charge in [-0.25, -0.2) is 4.57 Å². The molecule has 0 heterocycles. The van der Waals surface area contributed by atoms with Crippen molar-refractivity contribution in [2.24, 2.45) is 0 Å². The predicted octanol–water partition coefficient (Wildman–Crippen LogP) is 9.83. The topological polar surface area (TPSA) is 210 Å². The lowest BCUT2D eigenvalue weighted by Crippen LogP contribution is -2.64. The number of aliphatic hydroxyl groups excluding tert-OH is 5. The molecule has 0 amide bonds. The molecule has 0 aromatic carbocycles. The van der Waals surface area contributed by atoms with Crippen molar-refractivity contribution in [1.82, 2.24) is 0 Å². The Kier molecular flexibility index (Phi) is 36.7. The van der Waals surface area contributed by atoms with Gasteiger partial charge in [0.1, 0.15) is 43.2 Å². The van der Waals surface area contributed by atoms with Gasteiger partial charge in [0.15, 0.2) is 6.10 Å². The van der Waals surface area contributed by atoms with Crippen LogP contribution in [-0.2, 0) is 32.7 Å². The third kappa shape index (κ3) is 32.2. The molecule has 370 valence electrons. The van der Waals surface area contributed by atoms with E-state index < -0.39 is 75.7 Å². The Labute approximate surface area is 390 Å². The normalized spacial score (nSPS) is 22.3. The first kappa shape index (κ1) is 59.8. The molecule has 13 nitrogen and oxygen atoms in total. The Morgan fingerprint density at radius 3 is 1.38 bits per heavy atom. The summed E-state index contributed by atoms with van der Waals surface area (Å²) in [5.41, 5.74) is 0. The van der Waals surface area contributed by atoms with Gasteiger partial charge in [0.2, 0.25) is 0 Å². The zero-order chi connectivity index (χ0) is 47.8. The molecule has 65 heavy (non-hydrogen) atoms. The fourth-order valence-electron chi connectivity index (χ4n) is 6.56. The van der Waals surface area contributed by atoms with Crippen LogP contribution in [0.25, 0.3) is 0 Å². The minimum atomic E-state index is -5.15. The molecule has 1 fully saturated rings. The van der Waals surface area contributed by atoms with Crippen molar-refractivity contribution < 1.29 is 63.1 Å². The van der Waals surface area contributed by atoms with E-state index in [2.05, 4.69) is 98.9 Å². The summed E-state index contributed by atoms with van der Waals surface area (Å²) >= 11 is 0. The number of phosphoric ester groups is 1. The van der Waals surface area contributed by atoms with Crippen molar-refractivity contribution in [2.75, 3.05) is 13.2 Å². The molecular weight excluding hydrogens is 852 g/mol. The number of carbonyl (C=O) groups excluding carboxylic acids is 2. The van der Waals surface area contributed by atoms with E-state index in [1.165, 1.54) is 44.9 Å². The van der Waals surface area contributed by atoms with Gasteiger partial charge >= 0.3 is 19.8 Å². The first-order chi connectivity index (χ1) is 31.4. The highest BCUT2D eigenvalue weighted by Crippen LogP contribution is 2.47. The molecule has 0 aliphatic heterocycles. The van der Waals surface area contributed by atoms with Crippen molar-refractivity contribution in [2.45, 2.75) is 198 Å². The average Bonchev–Trinajstić information content (AvgIpc) is 3.29. The third-order valence-electron chi connectivity index (χ3n) is 10.4. The summed E-state index contributed by atoms with van der Waals surface area (Å²) in [4.78, 5) is 35.7. The average molecular weight is 935 g/mol. The third-order valence-corrected chi connectivity index (χ3v) is 11.4. The summed E-state index contributed by atoms with van der Waals surface area (Å²) in [6, 6.07) is 0. The molecule has 0 saturated heterocycles. The fourth-order valence-corrected chi connectivity index (χ4v) is 7.54. The second kappa shape index (κ2) is 39.9. The summed E-state index contributed by atoms with van der Waals surface area (Å²) in [7, 11) is -5.15. The van der Waals surface area contributed by atoms with Crippen LogP contribution >= 0.6 is 7.82 Å². The lowest BCUT2D eigenvalue weighted by molar-refractivity contribution is -0.220. The molecule has 0 radical (unpaired) electrons. The maximum absolute atomic E-state index is 12.8. The first-order valence-corrected chi connectivity index (χ1v) is 25.5. The Bertz CT molecular complexity index is 1500. The molecule has 1 saturated carbocycles. The Morgan fingerprint density at radius 2 is 0.892 bits per heavy atom. The van der Waals surface area contributed by atoms with E-state index in [4.69, 9.17) is 18.5 Å². The van der Waals surface area contributed by atoms with Crippen LogP contribution in [0.1, 0.15) is 155 Å². The summed E-state index contributed by atoms with van der Waals surface area (Å²) in [6.07, 6.45) is 40.4. The van der Waals surface area contributed by atoms with Gasteiger partial charge in [-0.3, -0.25) is 18.6 Å². The van der Waals surface area contributed by atoms with E-state index in [0.717, 1.165) is 64.2 Å². The smallest absolute Gasteiger partial charge is 0.462 e. The number of allylic oxidation sites excluding steroid dienone is 16. The number of ether oxygens (including phenoxy) is 2. The molecule has 1 rings (SSSR count). The largest absolute Gasteiger partial charge is 0.472 e. The quantitative estimate of drug-likeness (QED) is 0.0148. The van der Waals surface area contributed by atoms with Gasteiger partial charge in [0, 0.05) is 12.8 Å². The molecule has 1 aliphatic rings. The summed E-state index contributed by atoms with van der Waals surface area (Å²) in [6.45, 7) is 3.09. The predicted molar refractivity (Wildman–Crippen MR) is 258 cm³/mol.